The molecule has 0 radical (unpaired) electrons. The van der Waals surface area contributed by atoms with Crippen LogP contribution in [-0.4, -0.2) is 36.8 Å². The average Bonchev–Trinajstić information content (AvgIpc) is 3.46. The Bertz CT molecular complexity index is 1310. The van der Waals surface area contributed by atoms with Crippen molar-refractivity contribution in [2.24, 2.45) is 5.92 Å². The van der Waals surface area contributed by atoms with Gasteiger partial charge in [-0.25, -0.2) is 9.78 Å². The van der Waals surface area contributed by atoms with Gasteiger partial charge in [-0.1, -0.05) is 38.1 Å². The third kappa shape index (κ3) is 4.33. The van der Waals surface area contributed by atoms with Crippen molar-refractivity contribution in [2.45, 2.75) is 26.7 Å². The second-order valence-electron chi connectivity index (χ2n) is 8.89. The van der Waals surface area contributed by atoms with E-state index in [-0.39, 0.29) is 19.3 Å². The normalized spacial score (nSPS) is 15.1. The molecule has 1 aliphatic heterocycles. The van der Waals surface area contributed by atoms with Gasteiger partial charge in [0.15, 0.2) is 18.1 Å². The van der Waals surface area contributed by atoms with E-state index in [0.29, 0.717) is 24.4 Å². The van der Waals surface area contributed by atoms with Crippen molar-refractivity contribution in [2.75, 3.05) is 19.9 Å². The van der Waals surface area contributed by atoms with Crippen molar-refractivity contribution < 1.29 is 23.8 Å². The van der Waals surface area contributed by atoms with Crippen molar-refractivity contribution in [1.29, 1.82) is 0 Å². The summed E-state index contributed by atoms with van der Waals surface area (Å²) in [6.07, 6.45) is 3.50. The lowest BCUT2D eigenvalue weighted by molar-refractivity contribution is -0.124. The summed E-state index contributed by atoms with van der Waals surface area (Å²) in [5.41, 5.74) is 4.89. The summed E-state index contributed by atoms with van der Waals surface area (Å²) in [7, 11) is 0. The smallest absolute Gasteiger partial charge is 0.339 e. The molecule has 0 unspecified atom stereocenters. The molecule has 5 rings (SSSR count). The first kappa shape index (κ1) is 21.9. The lowest BCUT2D eigenvalue weighted by Gasteiger charge is -2.13. The van der Waals surface area contributed by atoms with Crippen LogP contribution in [0, 0.1) is 5.92 Å². The number of ether oxygens (including phenoxy) is 3. The van der Waals surface area contributed by atoms with E-state index in [2.05, 4.69) is 11.4 Å². The van der Waals surface area contributed by atoms with Crippen LogP contribution >= 0.6 is 0 Å². The Morgan fingerprint density at radius 1 is 1.12 bits per heavy atom. The summed E-state index contributed by atoms with van der Waals surface area (Å²) in [5.74, 6) is 0.973. The van der Waals surface area contributed by atoms with Gasteiger partial charge in [0, 0.05) is 11.9 Å². The number of fused-ring (bicyclic) bond motifs is 3. The second-order valence-corrected chi connectivity index (χ2v) is 8.89. The maximum absolute atomic E-state index is 13.2. The summed E-state index contributed by atoms with van der Waals surface area (Å²) < 4.78 is 16.3. The molecule has 1 aromatic heterocycles. The van der Waals surface area contributed by atoms with E-state index in [0.717, 1.165) is 51.2 Å². The number of hydrogen-bond acceptors (Lipinski definition) is 6. The van der Waals surface area contributed by atoms with Crippen molar-refractivity contribution >= 4 is 34.4 Å². The number of pyridine rings is 1. The summed E-state index contributed by atoms with van der Waals surface area (Å²) >= 11 is 0. The molecule has 0 saturated carbocycles. The number of hydrogen-bond donors (Lipinski definition) is 1. The van der Waals surface area contributed by atoms with E-state index in [1.165, 1.54) is 0 Å². The quantitative estimate of drug-likeness (QED) is 0.552. The third-order valence-corrected chi connectivity index (χ3v) is 5.93. The predicted molar refractivity (Wildman–Crippen MR) is 129 cm³/mol. The fourth-order valence-corrected chi connectivity index (χ4v) is 4.29. The molecule has 2 heterocycles. The summed E-state index contributed by atoms with van der Waals surface area (Å²) in [4.78, 5) is 30.1. The predicted octanol–water partition coefficient (Wildman–Crippen LogP) is 4.38. The highest BCUT2D eigenvalue weighted by atomic mass is 16.7. The highest BCUT2D eigenvalue weighted by Crippen LogP contribution is 2.39. The zero-order valence-corrected chi connectivity index (χ0v) is 19.2. The van der Waals surface area contributed by atoms with Crippen molar-refractivity contribution in [3.8, 4) is 11.5 Å². The molecule has 0 fully saturated rings. The lowest BCUT2D eigenvalue weighted by Crippen LogP contribution is -2.31. The second kappa shape index (κ2) is 9.17. The van der Waals surface area contributed by atoms with Gasteiger partial charge in [-0.05, 0) is 59.7 Å². The van der Waals surface area contributed by atoms with Crippen LogP contribution in [0.5, 0.6) is 11.5 Å². The van der Waals surface area contributed by atoms with Gasteiger partial charge in [0.05, 0.1) is 16.8 Å². The number of nitrogens with zero attached hydrogens (tertiary/aromatic N) is 1. The maximum atomic E-state index is 13.2. The number of para-hydroxylation sites is 1. The Morgan fingerprint density at radius 2 is 1.94 bits per heavy atom. The van der Waals surface area contributed by atoms with E-state index in [1.807, 2.05) is 56.3 Å². The molecule has 0 bridgehead atoms. The monoisotopic (exact) mass is 458 g/mol. The number of allylic oxidation sites excluding steroid dienone is 1. The summed E-state index contributed by atoms with van der Waals surface area (Å²) in [6.45, 7) is 4.47. The van der Waals surface area contributed by atoms with Crippen LogP contribution in [0.15, 0.2) is 42.5 Å². The molecule has 0 spiro atoms. The van der Waals surface area contributed by atoms with Gasteiger partial charge in [0.25, 0.3) is 5.91 Å². The number of carbonyl (C=O) groups excluding carboxylic acids is 2. The van der Waals surface area contributed by atoms with Crippen LogP contribution in [0.4, 0.5) is 0 Å². The fraction of sp³-hybridized carbons (Fsp3) is 0.296. The molecule has 2 aromatic carbocycles. The highest BCUT2D eigenvalue weighted by Gasteiger charge is 2.28. The van der Waals surface area contributed by atoms with E-state index >= 15 is 0 Å². The van der Waals surface area contributed by atoms with Crippen molar-refractivity contribution in [3.63, 3.8) is 0 Å². The van der Waals surface area contributed by atoms with Crippen LogP contribution in [0.2, 0.25) is 0 Å². The molecule has 1 N–H and O–H groups in total. The third-order valence-electron chi connectivity index (χ3n) is 5.93. The highest BCUT2D eigenvalue weighted by molar-refractivity contribution is 6.07. The number of aromatic nitrogens is 1. The lowest BCUT2D eigenvalue weighted by atomic mass is 10.0. The largest absolute Gasteiger partial charge is 0.454 e. The first-order chi connectivity index (χ1) is 16.5. The number of amides is 1. The fourth-order valence-electron chi connectivity index (χ4n) is 4.29. The molecular weight excluding hydrogens is 432 g/mol. The minimum atomic E-state index is -0.501. The minimum Gasteiger partial charge on any atom is -0.454 e. The van der Waals surface area contributed by atoms with E-state index < -0.39 is 5.97 Å². The molecular formula is C27H26N2O5. The number of carbonyl (C=O) groups is 2. The van der Waals surface area contributed by atoms with Crippen LogP contribution in [0.1, 0.15) is 47.4 Å². The van der Waals surface area contributed by atoms with Crippen LogP contribution in [0.25, 0.3) is 22.6 Å². The first-order valence-electron chi connectivity index (χ1n) is 11.5. The zero-order chi connectivity index (χ0) is 23.7. The SMILES string of the molecule is CC(C)CNC(=O)COC(=O)c1c2c(nc3ccccc13)/C(=C\c1ccc3c(c1)OCO3)CC2. The molecule has 2 aliphatic rings. The Labute approximate surface area is 197 Å². The van der Waals surface area contributed by atoms with Gasteiger partial charge in [0.2, 0.25) is 6.79 Å². The topological polar surface area (TPSA) is 86.8 Å². The van der Waals surface area contributed by atoms with Crippen LogP contribution < -0.4 is 14.8 Å². The van der Waals surface area contributed by atoms with Gasteiger partial charge >= 0.3 is 5.97 Å². The van der Waals surface area contributed by atoms with Crippen LogP contribution in [0.3, 0.4) is 0 Å². The number of nitrogens with one attached hydrogen (secondary N) is 1. The Kier molecular flexibility index (Phi) is 5.92. The number of benzene rings is 2. The first-order valence-corrected chi connectivity index (χ1v) is 11.5. The Balaban J connectivity index is 1.47. The summed E-state index contributed by atoms with van der Waals surface area (Å²) in [6, 6.07) is 13.3. The zero-order valence-electron chi connectivity index (χ0n) is 19.2. The molecule has 0 atom stereocenters. The molecule has 0 saturated heterocycles. The minimum absolute atomic E-state index is 0.229. The number of rotatable bonds is 6. The molecule has 174 valence electrons. The van der Waals surface area contributed by atoms with Gasteiger partial charge in [-0.3, -0.25) is 4.79 Å². The molecule has 34 heavy (non-hydrogen) atoms. The molecule has 7 nitrogen and oxygen atoms in total. The Hall–Kier alpha value is -3.87. The Morgan fingerprint density at radius 3 is 2.79 bits per heavy atom. The maximum Gasteiger partial charge on any atom is 0.339 e. The van der Waals surface area contributed by atoms with Gasteiger partial charge in [0.1, 0.15) is 0 Å². The van der Waals surface area contributed by atoms with Gasteiger partial charge in [-0.15, -0.1) is 0 Å². The molecule has 7 heteroatoms. The van der Waals surface area contributed by atoms with E-state index in [4.69, 9.17) is 19.2 Å². The van der Waals surface area contributed by atoms with Crippen molar-refractivity contribution in [1.82, 2.24) is 10.3 Å². The summed E-state index contributed by atoms with van der Waals surface area (Å²) in [5, 5.41) is 3.51. The van der Waals surface area contributed by atoms with E-state index in [9.17, 15) is 9.59 Å². The van der Waals surface area contributed by atoms with Crippen molar-refractivity contribution in [3.05, 3.63) is 64.8 Å². The molecule has 1 amide bonds. The van der Waals surface area contributed by atoms with Crippen LogP contribution in [-0.2, 0) is 16.0 Å². The van der Waals surface area contributed by atoms with E-state index in [1.54, 1.807) is 0 Å². The van der Waals surface area contributed by atoms with Gasteiger partial charge < -0.3 is 19.5 Å². The molecule has 3 aromatic rings. The average molecular weight is 459 g/mol. The van der Waals surface area contributed by atoms with Gasteiger partial charge in [-0.2, -0.15) is 0 Å². The standard InChI is InChI=1S/C27H26N2O5/c1-16(2)13-28-24(30)14-32-27(31)25-19-5-3-4-6-21(19)29-26-18(8-9-20(25)26)11-17-7-10-22-23(12-17)34-15-33-22/h3-7,10-12,16H,8-9,13-15H2,1-2H3,(H,28,30)/b18-11-. The number of esters is 1. The molecule has 1 aliphatic carbocycles.